The fourth-order valence-corrected chi connectivity index (χ4v) is 3.07. The van der Waals surface area contributed by atoms with Gasteiger partial charge in [-0.25, -0.2) is 0 Å². The van der Waals surface area contributed by atoms with Crippen LogP contribution in [-0.4, -0.2) is 34.3 Å². The van der Waals surface area contributed by atoms with Gasteiger partial charge >= 0.3 is 6.18 Å². The molecule has 0 saturated carbocycles. The van der Waals surface area contributed by atoms with E-state index in [1.54, 1.807) is 29.4 Å². The van der Waals surface area contributed by atoms with Crippen LogP contribution in [0.25, 0.3) is 10.8 Å². The van der Waals surface area contributed by atoms with Gasteiger partial charge in [0.25, 0.3) is 0 Å². The first-order valence-electron chi connectivity index (χ1n) is 7.29. The van der Waals surface area contributed by atoms with Gasteiger partial charge in [-0.2, -0.15) is 13.2 Å². The summed E-state index contributed by atoms with van der Waals surface area (Å²) in [5.74, 6) is -1.17. The van der Waals surface area contributed by atoms with Crippen LogP contribution in [0, 0.1) is 5.92 Å². The van der Waals surface area contributed by atoms with Gasteiger partial charge in [-0.1, -0.05) is 6.07 Å². The largest absolute Gasteiger partial charge is 0.508 e. The first kappa shape index (κ1) is 15.1. The highest BCUT2D eigenvalue weighted by Gasteiger charge is 2.41. The molecule has 1 fully saturated rings. The smallest absolute Gasteiger partial charge is 0.393 e. The summed E-state index contributed by atoms with van der Waals surface area (Å²) < 4.78 is 38.7. The van der Waals surface area contributed by atoms with Gasteiger partial charge in [0.05, 0.1) is 5.92 Å². The predicted octanol–water partition coefficient (Wildman–Crippen LogP) is 3.71. The summed E-state index contributed by atoms with van der Waals surface area (Å²) in [4.78, 5) is 5.82. The molecule has 0 amide bonds. The minimum atomic E-state index is -4.15. The average Bonchev–Trinajstić information content (AvgIpc) is 2.50. The Balaban J connectivity index is 1.85. The van der Waals surface area contributed by atoms with Crippen molar-refractivity contribution >= 4 is 10.8 Å². The maximum absolute atomic E-state index is 12.9. The van der Waals surface area contributed by atoms with E-state index >= 15 is 0 Å². The Morgan fingerprint density at radius 1 is 1.27 bits per heavy atom. The van der Waals surface area contributed by atoms with Crippen LogP contribution in [0.5, 0.6) is 5.75 Å². The van der Waals surface area contributed by atoms with Crippen molar-refractivity contribution in [1.29, 1.82) is 0 Å². The van der Waals surface area contributed by atoms with Crippen molar-refractivity contribution in [2.75, 3.05) is 13.1 Å². The normalized spacial score (nSPS) is 20.4. The van der Waals surface area contributed by atoms with Gasteiger partial charge in [-0.05, 0) is 36.9 Å². The molecule has 3 rings (SSSR count). The number of rotatable bonds is 2. The number of aromatic nitrogens is 1. The summed E-state index contributed by atoms with van der Waals surface area (Å²) in [5, 5.41) is 11.8. The number of phenols is 1. The second-order valence-corrected chi connectivity index (χ2v) is 5.78. The highest BCUT2D eigenvalue weighted by molar-refractivity contribution is 5.86. The molecular weight excluding hydrogens is 293 g/mol. The topological polar surface area (TPSA) is 36.4 Å². The zero-order valence-electron chi connectivity index (χ0n) is 12.0. The second kappa shape index (κ2) is 5.76. The molecular formula is C16H17F3N2O. The SMILES string of the molecule is Oc1ccc2ccncc2c1CN1CCC[C@H](C(F)(F)F)C1. The highest BCUT2D eigenvalue weighted by Crippen LogP contribution is 2.35. The lowest BCUT2D eigenvalue weighted by Gasteiger charge is -2.34. The third-order valence-corrected chi connectivity index (χ3v) is 4.26. The molecule has 1 aliphatic rings. The van der Waals surface area contributed by atoms with Crippen molar-refractivity contribution in [3.05, 3.63) is 36.2 Å². The van der Waals surface area contributed by atoms with Crippen LogP contribution >= 0.6 is 0 Å². The number of nitrogens with zero attached hydrogens (tertiary/aromatic N) is 2. The molecule has 3 nitrogen and oxygen atoms in total. The lowest BCUT2D eigenvalue weighted by atomic mass is 9.96. The average molecular weight is 310 g/mol. The molecule has 22 heavy (non-hydrogen) atoms. The van der Waals surface area contributed by atoms with Gasteiger partial charge in [0.2, 0.25) is 0 Å². The van der Waals surface area contributed by atoms with Crippen molar-refractivity contribution in [1.82, 2.24) is 9.88 Å². The van der Waals surface area contributed by atoms with Crippen molar-refractivity contribution < 1.29 is 18.3 Å². The second-order valence-electron chi connectivity index (χ2n) is 5.78. The van der Waals surface area contributed by atoms with Gasteiger partial charge in [0.15, 0.2) is 0 Å². The molecule has 6 heteroatoms. The summed E-state index contributed by atoms with van der Waals surface area (Å²) in [6.07, 6.45) is -0.141. The lowest BCUT2D eigenvalue weighted by Crippen LogP contribution is -2.41. The van der Waals surface area contributed by atoms with Gasteiger partial charge in [-0.3, -0.25) is 9.88 Å². The third kappa shape index (κ3) is 3.02. The van der Waals surface area contributed by atoms with E-state index in [0.717, 1.165) is 10.8 Å². The monoisotopic (exact) mass is 310 g/mol. The molecule has 1 saturated heterocycles. The number of piperidine rings is 1. The van der Waals surface area contributed by atoms with E-state index < -0.39 is 12.1 Å². The standard InChI is InChI=1S/C16H17F3N2O/c17-16(18,19)12-2-1-7-21(9-12)10-14-13-8-20-6-5-11(13)3-4-15(14)22/h3-6,8,12,22H,1-2,7,9-10H2/t12-/m0/s1. The van der Waals surface area contributed by atoms with Crippen molar-refractivity contribution in [3.8, 4) is 5.75 Å². The molecule has 0 unspecified atom stereocenters. The number of hydrogen-bond donors (Lipinski definition) is 1. The predicted molar refractivity (Wildman–Crippen MR) is 77.5 cm³/mol. The number of likely N-dealkylation sites (tertiary alicyclic amines) is 1. The van der Waals surface area contributed by atoms with E-state index in [4.69, 9.17) is 0 Å². The number of phenolic OH excluding ortho intramolecular Hbond substituents is 1. The number of benzene rings is 1. The van der Waals surface area contributed by atoms with E-state index in [9.17, 15) is 18.3 Å². The number of alkyl halides is 3. The maximum atomic E-state index is 12.9. The molecule has 1 N–H and O–H groups in total. The molecule has 2 aromatic rings. The van der Waals surface area contributed by atoms with Crippen LogP contribution in [0.15, 0.2) is 30.6 Å². The summed E-state index contributed by atoms with van der Waals surface area (Å²) >= 11 is 0. The van der Waals surface area contributed by atoms with E-state index in [1.165, 1.54) is 0 Å². The minimum Gasteiger partial charge on any atom is -0.508 e. The van der Waals surface area contributed by atoms with Crippen LogP contribution < -0.4 is 0 Å². The Kier molecular flexibility index (Phi) is 3.95. The van der Waals surface area contributed by atoms with E-state index in [2.05, 4.69) is 4.98 Å². The van der Waals surface area contributed by atoms with Gasteiger partial charge in [0, 0.05) is 36.4 Å². The summed E-state index contributed by atoms with van der Waals surface area (Å²) in [6, 6.07) is 5.19. The zero-order valence-corrected chi connectivity index (χ0v) is 12.0. The molecule has 1 aromatic carbocycles. The molecule has 0 aliphatic carbocycles. The van der Waals surface area contributed by atoms with Crippen molar-refractivity contribution in [2.45, 2.75) is 25.6 Å². The Hall–Kier alpha value is -1.82. The van der Waals surface area contributed by atoms with E-state index in [-0.39, 0.29) is 18.7 Å². The molecule has 0 radical (unpaired) electrons. The van der Waals surface area contributed by atoms with Crippen LogP contribution in [-0.2, 0) is 6.54 Å². The van der Waals surface area contributed by atoms with Crippen LogP contribution in [0.2, 0.25) is 0 Å². The molecule has 0 spiro atoms. The first-order valence-corrected chi connectivity index (χ1v) is 7.29. The maximum Gasteiger partial charge on any atom is 0.393 e. The third-order valence-electron chi connectivity index (χ3n) is 4.26. The van der Waals surface area contributed by atoms with Crippen LogP contribution in [0.4, 0.5) is 13.2 Å². The molecule has 1 atom stereocenters. The van der Waals surface area contributed by atoms with E-state index in [0.29, 0.717) is 25.1 Å². The number of aromatic hydroxyl groups is 1. The Bertz CT molecular complexity index is 672. The molecule has 1 aliphatic heterocycles. The summed E-state index contributed by atoms with van der Waals surface area (Å²) in [6.45, 7) is 0.906. The van der Waals surface area contributed by atoms with Crippen molar-refractivity contribution in [2.24, 2.45) is 5.92 Å². The lowest BCUT2D eigenvalue weighted by molar-refractivity contribution is -0.187. The number of halogens is 3. The summed E-state index contributed by atoms with van der Waals surface area (Å²) in [5.41, 5.74) is 0.647. The Morgan fingerprint density at radius 3 is 2.86 bits per heavy atom. The quantitative estimate of drug-likeness (QED) is 0.918. The number of pyridine rings is 1. The number of hydrogen-bond acceptors (Lipinski definition) is 3. The molecule has 1 aromatic heterocycles. The van der Waals surface area contributed by atoms with Crippen LogP contribution in [0.3, 0.4) is 0 Å². The fraction of sp³-hybridized carbons (Fsp3) is 0.438. The highest BCUT2D eigenvalue weighted by atomic mass is 19.4. The minimum absolute atomic E-state index is 0.0143. The first-order chi connectivity index (χ1) is 10.4. The Morgan fingerprint density at radius 2 is 2.09 bits per heavy atom. The van der Waals surface area contributed by atoms with Crippen molar-refractivity contribution in [3.63, 3.8) is 0 Å². The van der Waals surface area contributed by atoms with E-state index in [1.807, 2.05) is 6.07 Å². The van der Waals surface area contributed by atoms with Gasteiger partial charge < -0.3 is 5.11 Å². The molecule has 118 valence electrons. The number of fused-ring (bicyclic) bond motifs is 1. The fourth-order valence-electron chi connectivity index (χ4n) is 3.07. The van der Waals surface area contributed by atoms with Gasteiger partial charge in [-0.15, -0.1) is 0 Å². The molecule has 0 bridgehead atoms. The Labute approximate surface area is 126 Å². The summed E-state index contributed by atoms with van der Waals surface area (Å²) in [7, 11) is 0. The van der Waals surface area contributed by atoms with Crippen LogP contribution in [0.1, 0.15) is 18.4 Å². The molecule has 2 heterocycles. The van der Waals surface area contributed by atoms with Gasteiger partial charge in [0.1, 0.15) is 5.75 Å². The zero-order chi connectivity index (χ0) is 15.7.